The molecule has 0 radical (unpaired) electrons. The lowest BCUT2D eigenvalue weighted by atomic mass is 9.88. The average molecular weight is 351 g/mol. The first-order chi connectivity index (χ1) is 10.1. The van der Waals surface area contributed by atoms with Crippen molar-refractivity contribution in [3.8, 4) is 0 Å². The summed E-state index contributed by atoms with van der Waals surface area (Å²) in [5.41, 5.74) is 0.397. The van der Waals surface area contributed by atoms with Gasteiger partial charge in [0.2, 0.25) is 0 Å². The lowest BCUT2D eigenvalue weighted by Gasteiger charge is -2.34. The van der Waals surface area contributed by atoms with Crippen molar-refractivity contribution in [1.29, 1.82) is 0 Å². The maximum absolute atomic E-state index is 12.4. The number of carbonyl (C=O) groups is 2. The summed E-state index contributed by atoms with van der Waals surface area (Å²) in [5, 5.41) is 2.53. The van der Waals surface area contributed by atoms with Gasteiger partial charge in [-0.1, -0.05) is 59.8 Å². The Morgan fingerprint density at radius 1 is 1.10 bits per heavy atom. The number of amides is 3. The Morgan fingerprint density at radius 2 is 1.76 bits per heavy atom. The van der Waals surface area contributed by atoms with Crippen molar-refractivity contribution in [3.63, 3.8) is 0 Å². The number of imide groups is 1. The largest absolute Gasteiger partial charge is 0.325 e. The Balaban J connectivity index is 1.92. The fourth-order valence-corrected chi connectivity index (χ4v) is 3.84. The van der Waals surface area contributed by atoms with Gasteiger partial charge in [0.15, 0.2) is 0 Å². The topological polar surface area (TPSA) is 49.4 Å². The van der Waals surface area contributed by atoms with Gasteiger partial charge < -0.3 is 4.90 Å². The molecule has 1 aliphatic carbocycles. The molecule has 1 saturated heterocycles. The highest BCUT2D eigenvalue weighted by atomic mass is 79.9. The number of hydrogen-bond acceptors (Lipinski definition) is 2. The Hall–Kier alpha value is -1.36. The van der Waals surface area contributed by atoms with E-state index < -0.39 is 5.54 Å². The van der Waals surface area contributed by atoms with Crippen LogP contribution in [0.25, 0.3) is 0 Å². The Morgan fingerprint density at radius 3 is 2.43 bits per heavy atom. The van der Waals surface area contributed by atoms with E-state index in [4.69, 9.17) is 0 Å². The van der Waals surface area contributed by atoms with E-state index in [1.807, 2.05) is 24.3 Å². The molecule has 1 aromatic carbocycles. The van der Waals surface area contributed by atoms with Crippen LogP contribution >= 0.6 is 15.9 Å². The number of rotatable bonds is 2. The maximum atomic E-state index is 12.4. The van der Waals surface area contributed by atoms with Crippen molar-refractivity contribution in [1.82, 2.24) is 10.2 Å². The number of benzene rings is 1. The molecular formula is C16H19BrN2O2. The number of urea groups is 1. The van der Waals surface area contributed by atoms with E-state index in [0.29, 0.717) is 6.54 Å². The third kappa shape index (κ3) is 2.59. The van der Waals surface area contributed by atoms with Gasteiger partial charge in [0.1, 0.15) is 5.54 Å². The van der Waals surface area contributed by atoms with Gasteiger partial charge in [0, 0.05) is 11.0 Å². The van der Waals surface area contributed by atoms with Crippen LogP contribution in [0, 0.1) is 0 Å². The number of nitrogens with zero attached hydrogens (tertiary/aromatic N) is 1. The van der Waals surface area contributed by atoms with Crippen LogP contribution in [0.2, 0.25) is 0 Å². The summed E-state index contributed by atoms with van der Waals surface area (Å²) in [7, 11) is 0. The van der Waals surface area contributed by atoms with Gasteiger partial charge in [-0.25, -0.2) is 4.79 Å². The maximum Gasteiger partial charge on any atom is 0.325 e. The van der Waals surface area contributed by atoms with Gasteiger partial charge >= 0.3 is 6.03 Å². The van der Waals surface area contributed by atoms with Crippen molar-refractivity contribution in [2.24, 2.45) is 0 Å². The molecule has 0 atom stereocenters. The molecule has 112 valence electrons. The normalized spacial score (nSPS) is 21.5. The van der Waals surface area contributed by atoms with Crippen LogP contribution in [0.15, 0.2) is 28.7 Å². The Bertz CT molecular complexity index is 565. The summed E-state index contributed by atoms with van der Waals surface area (Å²) in [6.45, 7) is 0.471. The minimum Gasteiger partial charge on any atom is -0.305 e. The molecular weight excluding hydrogens is 332 g/mol. The number of halogens is 1. The summed E-state index contributed by atoms with van der Waals surface area (Å²) in [5.74, 6) is -0.110. The van der Waals surface area contributed by atoms with E-state index in [1.54, 1.807) is 4.90 Å². The molecule has 1 spiro atoms. The molecule has 1 N–H and O–H groups in total. The predicted octanol–water partition coefficient (Wildman–Crippen LogP) is 3.59. The van der Waals surface area contributed by atoms with Crippen LogP contribution in [-0.2, 0) is 11.3 Å². The molecule has 2 aliphatic rings. The van der Waals surface area contributed by atoms with E-state index in [9.17, 15) is 9.59 Å². The Labute approximate surface area is 133 Å². The van der Waals surface area contributed by atoms with Gasteiger partial charge in [-0.05, 0) is 24.5 Å². The Kier molecular flexibility index (Phi) is 4.02. The number of hydrogen-bond donors (Lipinski definition) is 1. The van der Waals surface area contributed by atoms with Crippen LogP contribution < -0.4 is 5.32 Å². The van der Waals surface area contributed by atoms with Crippen LogP contribution in [0.5, 0.6) is 0 Å². The predicted molar refractivity (Wildman–Crippen MR) is 83.7 cm³/mol. The zero-order chi connectivity index (χ0) is 14.9. The second-order valence-electron chi connectivity index (χ2n) is 5.88. The van der Waals surface area contributed by atoms with E-state index in [0.717, 1.165) is 48.6 Å². The van der Waals surface area contributed by atoms with Crippen molar-refractivity contribution in [2.45, 2.75) is 50.6 Å². The van der Waals surface area contributed by atoms with E-state index in [2.05, 4.69) is 21.2 Å². The summed E-state index contributed by atoms with van der Waals surface area (Å²) < 4.78 is 0.973. The third-order valence-electron chi connectivity index (χ3n) is 4.62. The SMILES string of the molecule is O=C1NC(=O)C2(CCCCCC2)N1Cc1ccccc1Br. The molecule has 5 heteroatoms. The van der Waals surface area contributed by atoms with E-state index in [1.165, 1.54) is 0 Å². The van der Waals surface area contributed by atoms with Crippen molar-refractivity contribution in [3.05, 3.63) is 34.3 Å². The first-order valence-electron chi connectivity index (χ1n) is 7.50. The molecule has 2 fully saturated rings. The highest BCUT2D eigenvalue weighted by molar-refractivity contribution is 9.10. The van der Waals surface area contributed by atoms with Crippen molar-refractivity contribution < 1.29 is 9.59 Å². The highest BCUT2D eigenvalue weighted by Crippen LogP contribution is 2.37. The van der Waals surface area contributed by atoms with Gasteiger partial charge in [-0.2, -0.15) is 0 Å². The van der Waals surface area contributed by atoms with E-state index >= 15 is 0 Å². The van der Waals surface area contributed by atoms with Crippen LogP contribution in [0.1, 0.15) is 44.1 Å². The van der Waals surface area contributed by atoms with Gasteiger partial charge in [-0.3, -0.25) is 10.1 Å². The minimum atomic E-state index is -0.636. The molecule has 1 heterocycles. The molecule has 21 heavy (non-hydrogen) atoms. The molecule has 3 amide bonds. The summed E-state index contributed by atoms with van der Waals surface area (Å²) >= 11 is 3.52. The van der Waals surface area contributed by atoms with Gasteiger partial charge in [-0.15, -0.1) is 0 Å². The second-order valence-corrected chi connectivity index (χ2v) is 6.74. The second kappa shape index (κ2) is 5.79. The molecule has 1 aliphatic heterocycles. The first-order valence-corrected chi connectivity index (χ1v) is 8.29. The zero-order valence-electron chi connectivity index (χ0n) is 11.9. The van der Waals surface area contributed by atoms with Crippen molar-refractivity contribution >= 4 is 27.9 Å². The lowest BCUT2D eigenvalue weighted by Crippen LogP contribution is -2.48. The smallest absolute Gasteiger partial charge is 0.305 e. The summed E-state index contributed by atoms with van der Waals surface area (Å²) in [6.07, 6.45) is 5.85. The molecule has 3 rings (SSSR count). The highest BCUT2D eigenvalue weighted by Gasteiger charge is 2.52. The fourth-order valence-electron chi connectivity index (χ4n) is 3.43. The van der Waals surface area contributed by atoms with Crippen LogP contribution in [0.3, 0.4) is 0 Å². The average Bonchev–Trinajstić information content (AvgIpc) is 2.65. The molecule has 4 nitrogen and oxygen atoms in total. The van der Waals surface area contributed by atoms with E-state index in [-0.39, 0.29) is 11.9 Å². The summed E-state index contributed by atoms with van der Waals surface area (Å²) in [4.78, 5) is 26.4. The lowest BCUT2D eigenvalue weighted by molar-refractivity contribution is -0.127. The molecule has 0 bridgehead atoms. The fraction of sp³-hybridized carbons (Fsp3) is 0.500. The van der Waals surface area contributed by atoms with Crippen LogP contribution in [0.4, 0.5) is 4.79 Å². The quantitative estimate of drug-likeness (QED) is 0.828. The number of carbonyl (C=O) groups excluding carboxylic acids is 2. The van der Waals surface area contributed by atoms with Gasteiger partial charge in [0.05, 0.1) is 0 Å². The number of nitrogens with one attached hydrogen (secondary N) is 1. The summed E-state index contributed by atoms with van der Waals surface area (Å²) in [6, 6.07) is 7.60. The standard InChI is InChI=1S/C16H19BrN2O2/c17-13-8-4-3-7-12(13)11-19-15(21)18-14(20)16(19)9-5-1-2-6-10-16/h3-4,7-8H,1-2,5-6,9-11H2,(H,18,20,21). The molecule has 1 saturated carbocycles. The first kappa shape index (κ1) is 14.6. The van der Waals surface area contributed by atoms with Crippen molar-refractivity contribution in [2.75, 3.05) is 0 Å². The minimum absolute atomic E-state index is 0.110. The molecule has 0 unspecified atom stereocenters. The third-order valence-corrected chi connectivity index (χ3v) is 5.40. The van der Waals surface area contributed by atoms with Gasteiger partial charge in [0.25, 0.3) is 5.91 Å². The van der Waals surface area contributed by atoms with Crippen LogP contribution in [-0.4, -0.2) is 22.4 Å². The molecule has 1 aromatic rings. The monoisotopic (exact) mass is 350 g/mol. The molecule has 0 aromatic heterocycles. The zero-order valence-corrected chi connectivity index (χ0v) is 13.5.